The number of nitrogens with zero attached hydrogens (tertiary/aromatic N) is 1. The first-order valence-electron chi connectivity index (χ1n) is 8.36. The third kappa shape index (κ3) is 4.17. The van der Waals surface area contributed by atoms with Crippen molar-refractivity contribution in [3.05, 3.63) is 53.9 Å². The number of aromatic amines is 1. The van der Waals surface area contributed by atoms with Crippen molar-refractivity contribution in [1.82, 2.24) is 20.8 Å². The lowest BCUT2D eigenvalue weighted by molar-refractivity contribution is 0.0846. The predicted octanol–water partition coefficient (Wildman–Crippen LogP) is 2.43. The van der Waals surface area contributed by atoms with Gasteiger partial charge in [-0.15, -0.1) is 0 Å². The first-order chi connectivity index (χ1) is 13.0. The van der Waals surface area contributed by atoms with Crippen molar-refractivity contribution in [2.45, 2.75) is 20.0 Å². The highest BCUT2D eigenvalue weighted by atomic mass is 16.5. The zero-order valence-electron chi connectivity index (χ0n) is 15.2. The fraction of sp³-hybridized carbons (Fsp3) is 0.211. The lowest BCUT2D eigenvalue weighted by Crippen LogP contribution is -2.41. The van der Waals surface area contributed by atoms with Crippen LogP contribution < -0.4 is 20.3 Å². The van der Waals surface area contributed by atoms with Crippen molar-refractivity contribution in [3.8, 4) is 11.5 Å². The number of hydrogen-bond acceptors (Lipinski definition) is 5. The molecule has 0 saturated carbocycles. The number of hydrazine groups is 1. The van der Waals surface area contributed by atoms with Gasteiger partial charge in [0.05, 0.1) is 30.6 Å². The van der Waals surface area contributed by atoms with Crippen molar-refractivity contribution in [1.29, 1.82) is 0 Å². The van der Waals surface area contributed by atoms with E-state index < -0.39 is 11.8 Å². The number of carbonyl (C=O) groups is 2. The Morgan fingerprint density at radius 3 is 2.33 bits per heavy atom. The van der Waals surface area contributed by atoms with Crippen molar-refractivity contribution < 1.29 is 19.1 Å². The molecule has 0 radical (unpaired) electrons. The van der Waals surface area contributed by atoms with Crippen LogP contribution in [0.2, 0.25) is 0 Å². The van der Waals surface area contributed by atoms with Gasteiger partial charge >= 0.3 is 0 Å². The minimum Gasteiger partial charge on any atom is -0.493 e. The number of H-pyrrole nitrogens is 1. The summed E-state index contributed by atoms with van der Waals surface area (Å²) in [5.74, 6) is 0.0697. The summed E-state index contributed by atoms with van der Waals surface area (Å²) in [6.45, 7) is 3.80. The Labute approximate surface area is 155 Å². The highest BCUT2D eigenvalue weighted by Gasteiger charge is 2.14. The molecule has 0 saturated heterocycles. The number of rotatable bonds is 5. The summed E-state index contributed by atoms with van der Waals surface area (Å²) in [6.07, 6.45) is 1.53. The Kier molecular flexibility index (Phi) is 5.25. The highest BCUT2D eigenvalue weighted by Crippen LogP contribution is 2.28. The van der Waals surface area contributed by atoms with E-state index in [0.717, 1.165) is 11.0 Å². The maximum Gasteiger partial charge on any atom is 0.269 e. The number of hydrogen-bond donors (Lipinski definition) is 3. The summed E-state index contributed by atoms with van der Waals surface area (Å²) in [5, 5.41) is 0. The molecule has 0 aliphatic rings. The van der Waals surface area contributed by atoms with Crippen LogP contribution in [0.1, 0.15) is 34.6 Å². The number of aromatic nitrogens is 2. The van der Waals surface area contributed by atoms with E-state index >= 15 is 0 Å². The topological polar surface area (TPSA) is 105 Å². The van der Waals surface area contributed by atoms with Gasteiger partial charge in [-0.05, 0) is 50.2 Å². The number of amides is 2. The van der Waals surface area contributed by atoms with Gasteiger partial charge in [0.25, 0.3) is 11.8 Å². The van der Waals surface area contributed by atoms with Crippen molar-refractivity contribution in [3.63, 3.8) is 0 Å². The number of benzene rings is 2. The van der Waals surface area contributed by atoms with Gasteiger partial charge in [0, 0.05) is 11.1 Å². The van der Waals surface area contributed by atoms with Gasteiger partial charge in [-0.3, -0.25) is 20.4 Å². The van der Waals surface area contributed by atoms with Crippen LogP contribution in [0.25, 0.3) is 11.0 Å². The number of imidazole rings is 1. The zero-order chi connectivity index (χ0) is 19.4. The fourth-order valence-corrected chi connectivity index (χ4v) is 2.49. The lowest BCUT2D eigenvalue weighted by atomic mass is 10.2. The normalized spacial score (nSPS) is 10.7. The van der Waals surface area contributed by atoms with Crippen LogP contribution in [0.4, 0.5) is 0 Å². The Bertz CT molecular complexity index is 981. The van der Waals surface area contributed by atoms with Crippen molar-refractivity contribution in [2.75, 3.05) is 7.11 Å². The molecule has 0 fully saturated rings. The smallest absolute Gasteiger partial charge is 0.269 e. The predicted molar refractivity (Wildman–Crippen MR) is 99.8 cm³/mol. The molecule has 1 aromatic heterocycles. The molecule has 0 unspecified atom stereocenters. The molecule has 2 amide bonds. The molecule has 8 nitrogen and oxygen atoms in total. The standard InChI is InChI=1S/C19H20N4O4/c1-11(2)27-16-7-5-13(9-17(16)26-3)19(25)23-22-18(24)12-4-6-14-15(8-12)21-10-20-14/h4-11H,1-3H3,(H,20,21)(H,22,24)(H,23,25). The molecular weight excluding hydrogens is 348 g/mol. The molecule has 27 heavy (non-hydrogen) atoms. The summed E-state index contributed by atoms with van der Waals surface area (Å²) in [7, 11) is 1.50. The molecule has 3 aromatic rings. The molecule has 8 heteroatoms. The van der Waals surface area contributed by atoms with Crippen LogP contribution in [-0.4, -0.2) is 35.0 Å². The average molecular weight is 368 g/mol. The third-order valence-corrected chi connectivity index (χ3v) is 3.76. The molecule has 0 bridgehead atoms. The van der Waals surface area contributed by atoms with Crippen LogP contribution in [0.15, 0.2) is 42.7 Å². The van der Waals surface area contributed by atoms with Crippen LogP contribution in [-0.2, 0) is 0 Å². The summed E-state index contributed by atoms with van der Waals surface area (Å²) in [4.78, 5) is 31.6. The van der Waals surface area contributed by atoms with Crippen molar-refractivity contribution >= 4 is 22.8 Å². The SMILES string of the molecule is COc1cc(C(=O)NNC(=O)c2ccc3nc[nH]c3c2)ccc1OC(C)C. The third-order valence-electron chi connectivity index (χ3n) is 3.76. The second-order valence-electron chi connectivity index (χ2n) is 6.07. The quantitative estimate of drug-likeness (QED) is 0.600. The van der Waals surface area contributed by atoms with E-state index in [-0.39, 0.29) is 6.10 Å². The Morgan fingerprint density at radius 1 is 1.00 bits per heavy atom. The van der Waals surface area contributed by atoms with E-state index in [4.69, 9.17) is 9.47 Å². The van der Waals surface area contributed by atoms with Crippen LogP contribution in [0.3, 0.4) is 0 Å². The molecule has 3 N–H and O–H groups in total. The minimum atomic E-state index is -0.472. The molecule has 1 heterocycles. The minimum absolute atomic E-state index is 0.0231. The fourth-order valence-electron chi connectivity index (χ4n) is 2.49. The Balaban J connectivity index is 1.66. The lowest BCUT2D eigenvalue weighted by Gasteiger charge is -2.14. The molecule has 2 aromatic carbocycles. The Morgan fingerprint density at radius 2 is 1.67 bits per heavy atom. The molecule has 0 atom stereocenters. The van der Waals surface area contributed by atoms with E-state index in [1.165, 1.54) is 7.11 Å². The second kappa shape index (κ2) is 7.77. The number of carbonyl (C=O) groups excluding carboxylic acids is 2. The first kappa shape index (κ1) is 18.2. The maximum absolute atomic E-state index is 12.3. The molecule has 0 aliphatic carbocycles. The largest absolute Gasteiger partial charge is 0.493 e. The van der Waals surface area contributed by atoms with Crippen LogP contribution >= 0.6 is 0 Å². The van der Waals surface area contributed by atoms with Gasteiger partial charge in [-0.25, -0.2) is 4.98 Å². The van der Waals surface area contributed by atoms with E-state index in [0.29, 0.717) is 22.6 Å². The van der Waals surface area contributed by atoms with Gasteiger partial charge in [-0.1, -0.05) is 0 Å². The molecule has 0 spiro atoms. The van der Waals surface area contributed by atoms with Gasteiger partial charge in [0.15, 0.2) is 11.5 Å². The molecule has 3 rings (SSSR count). The first-order valence-corrected chi connectivity index (χ1v) is 8.36. The van der Waals surface area contributed by atoms with E-state index in [9.17, 15) is 9.59 Å². The second-order valence-corrected chi connectivity index (χ2v) is 6.07. The maximum atomic E-state index is 12.3. The van der Waals surface area contributed by atoms with E-state index in [1.807, 2.05) is 13.8 Å². The summed E-state index contributed by atoms with van der Waals surface area (Å²) in [6, 6.07) is 9.81. The van der Waals surface area contributed by atoms with E-state index in [2.05, 4.69) is 20.8 Å². The van der Waals surface area contributed by atoms with Crippen molar-refractivity contribution in [2.24, 2.45) is 0 Å². The van der Waals surface area contributed by atoms with Gasteiger partial charge in [0.1, 0.15) is 0 Å². The number of ether oxygens (including phenoxy) is 2. The van der Waals surface area contributed by atoms with Crippen LogP contribution in [0, 0.1) is 0 Å². The number of fused-ring (bicyclic) bond motifs is 1. The summed E-state index contributed by atoms with van der Waals surface area (Å²) in [5.41, 5.74) is 7.00. The van der Waals surface area contributed by atoms with Gasteiger partial charge < -0.3 is 14.5 Å². The molecule has 140 valence electrons. The summed E-state index contributed by atoms with van der Waals surface area (Å²) >= 11 is 0. The monoisotopic (exact) mass is 368 g/mol. The zero-order valence-corrected chi connectivity index (χ0v) is 15.2. The Hall–Kier alpha value is -3.55. The molecular formula is C19H20N4O4. The highest BCUT2D eigenvalue weighted by molar-refractivity contribution is 6.00. The number of methoxy groups -OCH3 is 1. The van der Waals surface area contributed by atoms with Gasteiger partial charge in [-0.2, -0.15) is 0 Å². The number of nitrogens with one attached hydrogen (secondary N) is 3. The average Bonchev–Trinajstić information content (AvgIpc) is 3.13. The summed E-state index contributed by atoms with van der Waals surface area (Å²) < 4.78 is 10.9. The molecule has 0 aliphatic heterocycles. The van der Waals surface area contributed by atoms with Crippen LogP contribution in [0.5, 0.6) is 11.5 Å². The van der Waals surface area contributed by atoms with Gasteiger partial charge in [0.2, 0.25) is 0 Å². The van der Waals surface area contributed by atoms with E-state index in [1.54, 1.807) is 42.7 Å².